The van der Waals surface area contributed by atoms with Gasteiger partial charge in [-0.1, -0.05) is 0 Å². The molecule has 2 aliphatic heterocycles. The van der Waals surface area contributed by atoms with Crippen molar-refractivity contribution in [3.63, 3.8) is 0 Å². The van der Waals surface area contributed by atoms with Crippen molar-refractivity contribution in [1.82, 2.24) is 9.88 Å². The van der Waals surface area contributed by atoms with Crippen LogP contribution in [0.5, 0.6) is 5.75 Å². The Hall–Kier alpha value is -2.41. The Balaban J connectivity index is 1.77. The van der Waals surface area contributed by atoms with E-state index in [1.165, 1.54) is 24.7 Å². The zero-order valence-corrected chi connectivity index (χ0v) is 12.2. The van der Waals surface area contributed by atoms with Crippen LogP contribution in [0.4, 0.5) is 4.39 Å². The first-order valence-electron chi connectivity index (χ1n) is 7.41. The number of halogens is 1. The van der Waals surface area contributed by atoms with Crippen LogP contribution < -0.4 is 4.74 Å². The number of carbonyl (C=O) groups is 1. The molecule has 0 unspecified atom stereocenters. The van der Waals surface area contributed by atoms with E-state index in [1.807, 2.05) is 0 Å². The smallest absolute Gasteiger partial charge is 0.291 e. The van der Waals surface area contributed by atoms with Crippen molar-refractivity contribution < 1.29 is 23.4 Å². The Morgan fingerprint density at radius 2 is 2.35 bits per heavy atom. The van der Waals surface area contributed by atoms with Crippen molar-refractivity contribution >= 4 is 5.91 Å². The highest BCUT2D eigenvalue weighted by molar-refractivity contribution is 5.91. The van der Waals surface area contributed by atoms with E-state index < -0.39 is 0 Å². The third-order valence-electron chi connectivity index (χ3n) is 4.64. The van der Waals surface area contributed by atoms with Crippen LogP contribution in [0.1, 0.15) is 22.2 Å². The van der Waals surface area contributed by atoms with Gasteiger partial charge in [0.05, 0.1) is 18.8 Å². The Labute approximate surface area is 131 Å². The summed E-state index contributed by atoms with van der Waals surface area (Å²) in [6.07, 6.45) is 2.55. The molecule has 7 heteroatoms. The quantitative estimate of drug-likeness (QED) is 0.911. The van der Waals surface area contributed by atoms with E-state index in [9.17, 15) is 14.3 Å². The average Bonchev–Trinajstić information content (AvgIpc) is 3.21. The second kappa shape index (κ2) is 5.34. The first-order chi connectivity index (χ1) is 11.2. The fourth-order valence-corrected chi connectivity index (χ4v) is 3.55. The van der Waals surface area contributed by atoms with Gasteiger partial charge in [0, 0.05) is 30.6 Å². The molecule has 3 atom stereocenters. The summed E-state index contributed by atoms with van der Waals surface area (Å²) < 4.78 is 24.5. The minimum atomic E-state index is -0.382. The highest BCUT2D eigenvalue weighted by atomic mass is 19.1. The molecule has 0 spiro atoms. The molecule has 3 heterocycles. The van der Waals surface area contributed by atoms with Gasteiger partial charge in [-0.15, -0.1) is 0 Å². The molecule has 2 aromatic rings. The number of likely N-dealkylation sites (tertiary alicyclic amines) is 1. The molecule has 1 N–H and O–H groups in total. The van der Waals surface area contributed by atoms with Gasteiger partial charge in [-0.05, 0) is 18.2 Å². The van der Waals surface area contributed by atoms with Crippen molar-refractivity contribution in [1.29, 1.82) is 0 Å². The molecule has 0 aliphatic carbocycles. The molecule has 0 bridgehead atoms. The maximum Gasteiger partial charge on any atom is 0.291 e. The van der Waals surface area contributed by atoms with Crippen molar-refractivity contribution in [2.75, 3.05) is 19.8 Å². The Kier molecular flexibility index (Phi) is 3.30. The normalized spacial score (nSPS) is 25.7. The van der Waals surface area contributed by atoms with E-state index in [0.717, 1.165) is 0 Å². The summed E-state index contributed by atoms with van der Waals surface area (Å²) in [5, 5.41) is 9.63. The molecular formula is C16H15FN2O4. The van der Waals surface area contributed by atoms with E-state index in [1.54, 1.807) is 11.0 Å². The molecule has 1 aromatic heterocycles. The van der Waals surface area contributed by atoms with E-state index in [0.29, 0.717) is 24.5 Å². The molecule has 1 amide bonds. The van der Waals surface area contributed by atoms with Gasteiger partial charge >= 0.3 is 0 Å². The number of benzene rings is 1. The molecule has 1 aromatic carbocycles. The maximum absolute atomic E-state index is 13.7. The average molecular weight is 318 g/mol. The highest BCUT2D eigenvalue weighted by Crippen LogP contribution is 2.47. The molecule has 1 saturated heterocycles. The SMILES string of the molecule is O=C(c1cnco1)N1C[C@@H](CO)[C@@H]2COc3ccc(F)cc3[C@@H]21. The van der Waals surface area contributed by atoms with Gasteiger partial charge in [0.2, 0.25) is 5.76 Å². The summed E-state index contributed by atoms with van der Waals surface area (Å²) in [5.74, 6) is -0.198. The molecule has 6 nitrogen and oxygen atoms in total. The fourth-order valence-electron chi connectivity index (χ4n) is 3.55. The standard InChI is InChI=1S/C16H15FN2O4/c17-10-1-2-13-11(3-10)15-12(7-22-13)9(6-20)5-19(15)16(21)14-4-18-8-23-14/h1-4,8-9,12,15,20H,5-7H2/t9-,12-,15-/m0/s1. The van der Waals surface area contributed by atoms with Crippen molar-refractivity contribution in [3.05, 3.63) is 47.9 Å². The molecular weight excluding hydrogens is 303 g/mol. The van der Waals surface area contributed by atoms with Crippen LogP contribution in [0.3, 0.4) is 0 Å². The van der Waals surface area contributed by atoms with Gasteiger partial charge in [0.25, 0.3) is 5.91 Å². The van der Waals surface area contributed by atoms with E-state index in [2.05, 4.69) is 4.98 Å². The molecule has 2 aliphatic rings. The second-order valence-corrected chi connectivity index (χ2v) is 5.87. The molecule has 1 fully saturated rings. The van der Waals surface area contributed by atoms with E-state index in [4.69, 9.17) is 9.15 Å². The third-order valence-corrected chi connectivity index (χ3v) is 4.64. The third kappa shape index (κ3) is 2.19. The van der Waals surface area contributed by atoms with Gasteiger partial charge in [-0.2, -0.15) is 0 Å². The molecule has 0 saturated carbocycles. The lowest BCUT2D eigenvalue weighted by Gasteiger charge is -2.34. The number of hydrogen-bond acceptors (Lipinski definition) is 5. The Bertz CT molecular complexity index is 734. The first-order valence-corrected chi connectivity index (χ1v) is 7.41. The van der Waals surface area contributed by atoms with Gasteiger partial charge < -0.3 is 19.2 Å². The van der Waals surface area contributed by atoms with Crippen LogP contribution in [-0.2, 0) is 0 Å². The zero-order chi connectivity index (χ0) is 16.0. The summed E-state index contributed by atoms with van der Waals surface area (Å²) in [5.41, 5.74) is 0.630. The van der Waals surface area contributed by atoms with Crippen molar-refractivity contribution in [3.8, 4) is 5.75 Å². The van der Waals surface area contributed by atoms with Crippen LogP contribution in [0.25, 0.3) is 0 Å². The summed E-state index contributed by atoms with van der Waals surface area (Å²) in [6, 6.07) is 3.96. The van der Waals surface area contributed by atoms with Gasteiger partial charge in [0.15, 0.2) is 6.39 Å². The summed E-state index contributed by atoms with van der Waals surface area (Å²) in [7, 11) is 0. The lowest BCUT2D eigenvalue weighted by atomic mass is 9.85. The largest absolute Gasteiger partial charge is 0.493 e. The minimum Gasteiger partial charge on any atom is -0.493 e. The van der Waals surface area contributed by atoms with Crippen LogP contribution in [0, 0.1) is 17.7 Å². The molecule has 23 heavy (non-hydrogen) atoms. The van der Waals surface area contributed by atoms with Gasteiger partial charge in [-0.25, -0.2) is 9.37 Å². The summed E-state index contributed by atoms with van der Waals surface area (Å²) in [6.45, 7) is 0.689. The lowest BCUT2D eigenvalue weighted by molar-refractivity contribution is 0.0642. The molecule has 4 rings (SSSR count). The predicted molar refractivity (Wildman–Crippen MR) is 76.2 cm³/mol. The molecule has 0 radical (unpaired) electrons. The number of rotatable bonds is 2. The predicted octanol–water partition coefficient (Wildman–Crippen LogP) is 1.63. The fraction of sp³-hybridized carbons (Fsp3) is 0.375. The van der Waals surface area contributed by atoms with Gasteiger partial charge in [-0.3, -0.25) is 4.79 Å². The van der Waals surface area contributed by atoms with Crippen molar-refractivity contribution in [2.45, 2.75) is 6.04 Å². The number of aliphatic hydroxyl groups is 1. The Morgan fingerprint density at radius 3 is 3.09 bits per heavy atom. The van der Waals surface area contributed by atoms with Crippen LogP contribution in [-0.4, -0.2) is 40.7 Å². The number of oxazole rings is 1. The topological polar surface area (TPSA) is 75.8 Å². The van der Waals surface area contributed by atoms with E-state index >= 15 is 0 Å². The van der Waals surface area contributed by atoms with Crippen molar-refractivity contribution in [2.24, 2.45) is 11.8 Å². The number of fused-ring (bicyclic) bond motifs is 3. The first kappa shape index (κ1) is 14.2. The minimum absolute atomic E-state index is 0.0602. The second-order valence-electron chi connectivity index (χ2n) is 5.87. The molecule has 120 valence electrons. The number of ether oxygens (including phenoxy) is 1. The number of amides is 1. The van der Waals surface area contributed by atoms with E-state index in [-0.39, 0.29) is 42.0 Å². The van der Waals surface area contributed by atoms with Crippen LogP contribution in [0.15, 0.2) is 35.2 Å². The zero-order valence-electron chi connectivity index (χ0n) is 12.2. The lowest BCUT2D eigenvalue weighted by Crippen LogP contribution is -2.35. The highest BCUT2D eigenvalue weighted by Gasteiger charge is 2.48. The number of aliphatic hydroxyl groups excluding tert-OH is 1. The number of hydrogen-bond donors (Lipinski definition) is 1. The van der Waals surface area contributed by atoms with Crippen LogP contribution >= 0.6 is 0 Å². The number of carbonyl (C=O) groups excluding carboxylic acids is 1. The van der Waals surface area contributed by atoms with Gasteiger partial charge in [0.1, 0.15) is 11.6 Å². The maximum atomic E-state index is 13.7. The Morgan fingerprint density at radius 1 is 1.48 bits per heavy atom. The van der Waals surface area contributed by atoms with Crippen LogP contribution in [0.2, 0.25) is 0 Å². The monoisotopic (exact) mass is 318 g/mol. The summed E-state index contributed by atoms with van der Waals surface area (Å²) in [4.78, 5) is 18.1. The number of nitrogens with zero attached hydrogens (tertiary/aromatic N) is 2. The number of aromatic nitrogens is 1. The summed E-state index contributed by atoms with van der Waals surface area (Å²) >= 11 is 0.